The van der Waals surface area contributed by atoms with Gasteiger partial charge in [0.15, 0.2) is 0 Å². The van der Waals surface area contributed by atoms with Crippen LogP contribution in [0.25, 0.3) is 0 Å². The fraction of sp³-hybridized carbons (Fsp3) is 0.875. The first-order valence-electron chi connectivity index (χ1n) is 4.45. The fourth-order valence-electron chi connectivity index (χ4n) is 1.56. The molecule has 5 heteroatoms. The Balaban J connectivity index is 2.36. The van der Waals surface area contributed by atoms with Gasteiger partial charge in [-0.1, -0.05) is 19.3 Å². The van der Waals surface area contributed by atoms with E-state index in [1.54, 1.807) is 0 Å². The summed E-state index contributed by atoms with van der Waals surface area (Å²) in [5.74, 6) is -0.698. The van der Waals surface area contributed by atoms with Crippen LogP contribution in [0.4, 0.5) is 0 Å². The Hall–Kier alpha value is -1.13. The zero-order chi connectivity index (χ0) is 9.84. The van der Waals surface area contributed by atoms with Gasteiger partial charge in [0.25, 0.3) is 0 Å². The molecule has 0 saturated heterocycles. The van der Waals surface area contributed by atoms with Gasteiger partial charge in [0.1, 0.15) is 6.42 Å². The van der Waals surface area contributed by atoms with Crippen LogP contribution in [0, 0.1) is 16.0 Å². The van der Waals surface area contributed by atoms with Crippen LogP contribution < -0.4 is 0 Å². The maximum absolute atomic E-state index is 10.5. The first-order valence-corrected chi connectivity index (χ1v) is 4.45. The number of aliphatic carboxylic acids is 1. The van der Waals surface area contributed by atoms with Crippen LogP contribution in [0.1, 0.15) is 32.1 Å². The minimum atomic E-state index is -1.08. The second-order valence-corrected chi connectivity index (χ2v) is 3.57. The van der Waals surface area contributed by atoms with Crippen molar-refractivity contribution in [1.82, 2.24) is 0 Å². The van der Waals surface area contributed by atoms with E-state index in [-0.39, 0.29) is 6.42 Å². The predicted molar refractivity (Wildman–Crippen MR) is 45.0 cm³/mol. The van der Waals surface area contributed by atoms with Crippen molar-refractivity contribution in [2.75, 3.05) is 0 Å². The number of nitro groups is 1. The van der Waals surface area contributed by atoms with Crippen LogP contribution in [-0.4, -0.2) is 22.0 Å². The number of carboxylic acid groups (broad SMARTS) is 1. The molecular weight excluding hydrogens is 174 g/mol. The second kappa shape index (κ2) is 4.20. The Morgan fingerprint density at radius 3 is 2.54 bits per heavy atom. The van der Waals surface area contributed by atoms with Crippen molar-refractivity contribution in [3.8, 4) is 0 Å². The van der Waals surface area contributed by atoms with Crippen molar-refractivity contribution < 1.29 is 14.8 Å². The third-order valence-corrected chi connectivity index (χ3v) is 2.54. The molecule has 0 amide bonds. The first kappa shape index (κ1) is 9.95. The molecule has 5 nitrogen and oxygen atoms in total. The van der Waals surface area contributed by atoms with Gasteiger partial charge >= 0.3 is 5.97 Å². The van der Waals surface area contributed by atoms with Crippen molar-refractivity contribution in [3.05, 3.63) is 10.1 Å². The van der Waals surface area contributed by atoms with E-state index in [2.05, 4.69) is 0 Å². The largest absolute Gasteiger partial charge is 0.481 e. The van der Waals surface area contributed by atoms with E-state index >= 15 is 0 Å². The number of carboxylic acids is 1. The van der Waals surface area contributed by atoms with Crippen molar-refractivity contribution in [2.24, 2.45) is 5.92 Å². The highest BCUT2D eigenvalue weighted by Gasteiger charge is 2.30. The average Bonchev–Trinajstić information content (AvgIpc) is 1.92. The Bertz CT molecular complexity index is 212. The van der Waals surface area contributed by atoms with Crippen molar-refractivity contribution >= 4 is 5.97 Å². The summed E-state index contributed by atoms with van der Waals surface area (Å²) in [5, 5.41) is 18.9. The summed E-state index contributed by atoms with van der Waals surface area (Å²) in [7, 11) is 0. The highest BCUT2D eigenvalue weighted by molar-refractivity contribution is 5.67. The molecule has 0 aromatic rings. The average molecular weight is 187 g/mol. The Labute approximate surface area is 75.9 Å². The lowest BCUT2D eigenvalue weighted by atomic mass is 9.80. The second-order valence-electron chi connectivity index (χ2n) is 3.57. The number of rotatable bonds is 5. The minimum Gasteiger partial charge on any atom is -0.481 e. The van der Waals surface area contributed by atoms with Crippen LogP contribution in [0.15, 0.2) is 0 Å². The lowest BCUT2D eigenvalue weighted by molar-refractivity contribution is -0.524. The lowest BCUT2D eigenvalue weighted by Crippen LogP contribution is -2.28. The maximum Gasteiger partial charge on any atom is 0.310 e. The summed E-state index contributed by atoms with van der Waals surface area (Å²) in [6, 6.07) is -0.886. The first-order chi connectivity index (χ1) is 6.09. The van der Waals surface area contributed by atoms with E-state index in [0.717, 1.165) is 19.3 Å². The van der Waals surface area contributed by atoms with Crippen molar-refractivity contribution in [1.29, 1.82) is 0 Å². The molecule has 0 aromatic carbocycles. The zero-order valence-corrected chi connectivity index (χ0v) is 7.31. The van der Waals surface area contributed by atoms with Gasteiger partial charge in [-0.2, -0.15) is 0 Å². The van der Waals surface area contributed by atoms with Crippen LogP contribution in [0.5, 0.6) is 0 Å². The molecule has 1 atom stereocenters. The van der Waals surface area contributed by atoms with Crippen LogP contribution in [0.3, 0.4) is 0 Å². The third kappa shape index (κ3) is 3.01. The van der Waals surface area contributed by atoms with E-state index in [1.807, 2.05) is 0 Å². The summed E-state index contributed by atoms with van der Waals surface area (Å²) in [6.07, 6.45) is 3.25. The molecule has 0 aliphatic heterocycles. The molecule has 1 rings (SSSR count). The monoisotopic (exact) mass is 187 g/mol. The normalized spacial score (nSPS) is 19.1. The van der Waals surface area contributed by atoms with Crippen molar-refractivity contribution in [3.63, 3.8) is 0 Å². The van der Waals surface area contributed by atoms with E-state index < -0.39 is 16.9 Å². The molecule has 1 unspecified atom stereocenters. The number of carbonyl (C=O) groups is 1. The third-order valence-electron chi connectivity index (χ3n) is 2.54. The molecule has 1 aliphatic rings. The van der Waals surface area contributed by atoms with Crippen molar-refractivity contribution in [2.45, 2.75) is 38.1 Å². The Morgan fingerprint density at radius 2 is 2.23 bits per heavy atom. The molecule has 13 heavy (non-hydrogen) atoms. The van der Waals surface area contributed by atoms with E-state index in [1.165, 1.54) is 0 Å². The van der Waals surface area contributed by atoms with Gasteiger partial charge < -0.3 is 5.11 Å². The molecule has 0 radical (unpaired) electrons. The Kier molecular flexibility index (Phi) is 3.22. The van der Waals surface area contributed by atoms with E-state index in [4.69, 9.17) is 5.11 Å². The molecule has 1 fully saturated rings. The zero-order valence-electron chi connectivity index (χ0n) is 7.31. The highest BCUT2D eigenvalue weighted by Crippen LogP contribution is 2.31. The molecule has 0 spiro atoms. The minimum absolute atomic E-state index is 0.344. The summed E-state index contributed by atoms with van der Waals surface area (Å²) in [5.41, 5.74) is 0. The molecular formula is C8H13NO4. The van der Waals surface area contributed by atoms with Crippen LogP contribution in [0.2, 0.25) is 0 Å². The molecule has 1 aliphatic carbocycles. The van der Waals surface area contributed by atoms with Gasteiger partial charge in [-0.25, -0.2) is 0 Å². The molecule has 0 bridgehead atoms. The van der Waals surface area contributed by atoms with Gasteiger partial charge in [-0.05, 0) is 5.92 Å². The van der Waals surface area contributed by atoms with Crippen LogP contribution in [-0.2, 0) is 4.79 Å². The fourth-order valence-corrected chi connectivity index (χ4v) is 1.56. The quantitative estimate of drug-likeness (QED) is 0.519. The molecule has 1 N–H and O–H groups in total. The van der Waals surface area contributed by atoms with Gasteiger partial charge in [-0.15, -0.1) is 0 Å². The smallest absolute Gasteiger partial charge is 0.310 e. The summed E-state index contributed by atoms with van der Waals surface area (Å²) < 4.78 is 0. The van der Waals surface area contributed by atoms with Gasteiger partial charge in [0, 0.05) is 11.3 Å². The molecule has 1 saturated carbocycles. The maximum atomic E-state index is 10.5. The lowest BCUT2D eigenvalue weighted by Gasteiger charge is -2.25. The predicted octanol–water partition coefficient (Wildman–Crippen LogP) is 1.30. The number of hydrogen-bond donors (Lipinski definition) is 1. The topological polar surface area (TPSA) is 80.4 Å². The van der Waals surface area contributed by atoms with Gasteiger partial charge in [-0.3, -0.25) is 14.9 Å². The SMILES string of the molecule is O=C(O)CC(CC1CCC1)[N+](=O)[O-]. The highest BCUT2D eigenvalue weighted by atomic mass is 16.6. The van der Waals surface area contributed by atoms with Crippen LogP contribution >= 0.6 is 0 Å². The molecule has 74 valence electrons. The summed E-state index contributed by atoms with van der Waals surface area (Å²) >= 11 is 0. The van der Waals surface area contributed by atoms with E-state index in [0.29, 0.717) is 12.3 Å². The van der Waals surface area contributed by atoms with Gasteiger partial charge in [0.2, 0.25) is 6.04 Å². The number of hydrogen-bond acceptors (Lipinski definition) is 3. The molecule has 0 heterocycles. The standard InChI is InChI=1S/C8H13NO4/c10-8(11)5-7(9(12)13)4-6-2-1-3-6/h6-7H,1-5H2,(H,10,11). The summed E-state index contributed by atoms with van der Waals surface area (Å²) in [4.78, 5) is 20.3. The Morgan fingerprint density at radius 1 is 1.62 bits per heavy atom. The summed E-state index contributed by atoms with van der Waals surface area (Å²) in [6.45, 7) is 0. The molecule has 0 aromatic heterocycles. The van der Waals surface area contributed by atoms with Gasteiger partial charge in [0.05, 0.1) is 0 Å². The van der Waals surface area contributed by atoms with E-state index in [9.17, 15) is 14.9 Å². The number of nitrogens with zero attached hydrogens (tertiary/aromatic N) is 1.